The van der Waals surface area contributed by atoms with Crippen LogP contribution in [0.2, 0.25) is 0 Å². The highest BCUT2D eigenvalue weighted by molar-refractivity contribution is 5.96. The fraction of sp³-hybridized carbons (Fsp3) is 0.217. The van der Waals surface area contributed by atoms with Gasteiger partial charge < -0.3 is 5.32 Å². The van der Waals surface area contributed by atoms with Gasteiger partial charge in [0.1, 0.15) is 11.6 Å². The molecule has 0 unspecified atom stereocenters. The summed E-state index contributed by atoms with van der Waals surface area (Å²) in [6, 6.07) is 9.68. The lowest BCUT2D eigenvalue weighted by Crippen LogP contribution is -2.24. The van der Waals surface area contributed by atoms with Gasteiger partial charge in [0, 0.05) is 29.3 Å². The molecular weight excluding hydrogens is 428 g/mol. The van der Waals surface area contributed by atoms with Crippen LogP contribution in [0, 0.1) is 18.6 Å². The molecule has 33 heavy (non-hydrogen) atoms. The van der Waals surface area contributed by atoms with E-state index in [0.717, 1.165) is 17.8 Å². The van der Waals surface area contributed by atoms with Gasteiger partial charge >= 0.3 is 0 Å². The van der Waals surface area contributed by atoms with Gasteiger partial charge in [0.05, 0.1) is 29.8 Å². The standard InChI is InChI=1S/C23H21F2N7O/c1-13(2)22-29-30-31-32(22)18-7-15(20-5-4-14(3)10-26-20)6-16(8-18)23(33)28-12-21-19(25)9-17(24)11-27-21/h4-11,13H,12H2,1-3H3,(H,28,33). The first-order chi connectivity index (χ1) is 15.8. The Labute approximate surface area is 188 Å². The molecule has 0 aliphatic carbocycles. The molecule has 168 valence electrons. The zero-order valence-corrected chi connectivity index (χ0v) is 18.3. The van der Waals surface area contributed by atoms with Crippen molar-refractivity contribution >= 4 is 5.91 Å². The molecule has 10 heteroatoms. The Kier molecular flexibility index (Phi) is 6.16. The highest BCUT2D eigenvalue weighted by Crippen LogP contribution is 2.25. The number of halogens is 2. The van der Waals surface area contributed by atoms with E-state index in [1.165, 1.54) is 0 Å². The quantitative estimate of drug-likeness (QED) is 0.481. The van der Waals surface area contributed by atoms with Crippen molar-refractivity contribution < 1.29 is 13.6 Å². The van der Waals surface area contributed by atoms with E-state index in [0.29, 0.717) is 28.3 Å². The molecule has 1 N–H and O–H groups in total. The lowest BCUT2D eigenvalue weighted by molar-refractivity contribution is 0.0950. The van der Waals surface area contributed by atoms with Crippen LogP contribution in [0.1, 0.15) is 47.2 Å². The number of carbonyl (C=O) groups excluding carboxylic acids is 1. The second-order valence-electron chi connectivity index (χ2n) is 7.86. The van der Waals surface area contributed by atoms with Gasteiger partial charge in [-0.25, -0.2) is 8.78 Å². The maximum absolute atomic E-state index is 13.9. The third-order valence-corrected chi connectivity index (χ3v) is 4.94. The fourth-order valence-electron chi connectivity index (χ4n) is 3.23. The van der Waals surface area contributed by atoms with Crippen LogP contribution in [0.3, 0.4) is 0 Å². The van der Waals surface area contributed by atoms with Crippen LogP contribution in [-0.2, 0) is 6.54 Å². The van der Waals surface area contributed by atoms with Gasteiger partial charge in [-0.2, -0.15) is 4.68 Å². The Morgan fingerprint density at radius 2 is 1.91 bits per heavy atom. The topological polar surface area (TPSA) is 98.5 Å². The van der Waals surface area contributed by atoms with E-state index in [4.69, 9.17) is 0 Å². The van der Waals surface area contributed by atoms with Crippen LogP contribution in [0.25, 0.3) is 16.9 Å². The van der Waals surface area contributed by atoms with Crippen molar-refractivity contribution in [2.45, 2.75) is 33.2 Å². The van der Waals surface area contributed by atoms with Crippen molar-refractivity contribution in [1.29, 1.82) is 0 Å². The van der Waals surface area contributed by atoms with Crippen LogP contribution < -0.4 is 5.32 Å². The summed E-state index contributed by atoms with van der Waals surface area (Å²) < 4.78 is 28.6. The summed E-state index contributed by atoms with van der Waals surface area (Å²) in [6.45, 7) is 5.66. The Balaban J connectivity index is 1.71. The molecule has 1 amide bonds. The zero-order valence-electron chi connectivity index (χ0n) is 18.3. The van der Waals surface area contributed by atoms with Crippen LogP contribution in [0.15, 0.2) is 48.8 Å². The minimum Gasteiger partial charge on any atom is -0.346 e. The van der Waals surface area contributed by atoms with E-state index in [1.807, 2.05) is 39.0 Å². The second kappa shape index (κ2) is 9.19. The van der Waals surface area contributed by atoms with E-state index in [2.05, 4.69) is 30.8 Å². The van der Waals surface area contributed by atoms with Crippen LogP contribution in [0.5, 0.6) is 0 Å². The third-order valence-electron chi connectivity index (χ3n) is 4.94. The molecule has 8 nitrogen and oxygen atoms in total. The lowest BCUT2D eigenvalue weighted by Gasteiger charge is -2.12. The van der Waals surface area contributed by atoms with Gasteiger partial charge in [-0.3, -0.25) is 14.8 Å². The molecule has 0 radical (unpaired) electrons. The Hall–Kier alpha value is -4.08. The van der Waals surface area contributed by atoms with Gasteiger partial charge in [-0.1, -0.05) is 19.9 Å². The summed E-state index contributed by atoms with van der Waals surface area (Å²) >= 11 is 0. The van der Waals surface area contributed by atoms with E-state index >= 15 is 0 Å². The molecule has 0 aliphatic heterocycles. The highest BCUT2D eigenvalue weighted by Gasteiger charge is 2.17. The van der Waals surface area contributed by atoms with Gasteiger partial charge in [0.25, 0.3) is 5.91 Å². The normalized spacial score (nSPS) is 11.1. The Morgan fingerprint density at radius 3 is 2.61 bits per heavy atom. The maximum Gasteiger partial charge on any atom is 0.251 e. The summed E-state index contributed by atoms with van der Waals surface area (Å²) in [7, 11) is 0. The van der Waals surface area contributed by atoms with E-state index in [9.17, 15) is 13.6 Å². The number of nitrogens with one attached hydrogen (secondary N) is 1. The number of hydrogen-bond donors (Lipinski definition) is 1. The van der Waals surface area contributed by atoms with Crippen molar-refractivity contribution in [3.63, 3.8) is 0 Å². The van der Waals surface area contributed by atoms with Crippen LogP contribution >= 0.6 is 0 Å². The van der Waals surface area contributed by atoms with Gasteiger partial charge in [0.15, 0.2) is 5.82 Å². The van der Waals surface area contributed by atoms with Crippen molar-refractivity contribution in [1.82, 2.24) is 35.5 Å². The maximum atomic E-state index is 13.9. The summed E-state index contributed by atoms with van der Waals surface area (Å²) in [5, 5.41) is 14.6. The molecule has 1 aromatic carbocycles. The largest absolute Gasteiger partial charge is 0.346 e. The molecule has 0 aliphatic rings. The van der Waals surface area contributed by atoms with Crippen LogP contribution in [0.4, 0.5) is 8.78 Å². The number of aryl methyl sites for hydroxylation is 1. The van der Waals surface area contributed by atoms with Crippen molar-refractivity contribution in [2.75, 3.05) is 0 Å². The van der Waals surface area contributed by atoms with Gasteiger partial charge in [0.2, 0.25) is 0 Å². The summed E-state index contributed by atoms with van der Waals surface area (Å²) in [6.07, 6.45) is 2.64. The summed E-state index contributed by atoms with van der Waals surface area (Å²) in [5.74, 6) is -1.40. The van der Waals surface area contributed by atoms with Crippen LogP contribution in [-0.4, -0.2) is 36.1 Å². The number of benzene rings is 1. The number of nitrogens with zero attached hydrogens (tertiary/aromatic N) is 6. The molecular formula is C23H21F2N7O. The van der Waals surface area contributed by atoms with E-state index < -0.39 is 17.5 Å². The van der Waals surface area contributed by atoms with Gasteiger partial charge in [-0.05, 0) is 47.2 Å². The number of pyridine rings is 2. The van der Waals surface area contributed by atoms with E-state index in [-0.39, 0.29) is 18.2 Å². The van der Waals surface area contributed by atoms with Crippen molar-refractivity contribution in [3.05, 3.63) is 83.1 Å². The average Bonchev–Trinajstić information content (AvgIpc) is 3.29. The van der Waals surface area contributed by atoms with Crippen molar-refractivity contribution in [2.24, 2.45) is 0 Å². The first kappa shape index (κ1) is 22.1. The molecule has 0 saturated heterocycles. The Morgan fingerprint density at radius 1 is 1.09 bits per heavy atom. The number of amides is 1. The number of tetrazole rings is 1. The third kappa shape index (κ3) is 4.89. The van der Waals surface area contributed by atoms with Crippen molar-refractivity contribution in [3.8, 4) is 16.9 Å². The number of rotatable bonds is 6. The molecule has 3 aromatic heterocycles. The second-order valence-corrected chi connectivity index (χ2v) is 7.86. The SMILES string of the molecule is Cc1ccc(-c2cc(C(=O)NCc3ncc(F)cc3F)cc(-n3nnnc3C(C)C)c2)nc1. The molecule has 4 aromatic rings. The smallest absolute Gasteiger partial charge is 0.251 e. The number of hydrogen-bond acceptors (Lipinski definition) is 6. The van der Waals surface area contributed by atoms with E-state index in [1.54, 1.807) is 23.0 Å². The monoisotopic (exact) mass is 449 g/mol. The minimum absolute atomic E-state index is 0.0472. The fourth-order valence-corrected chi connectivity index (χ4v) is 3.23. The van der Waals surface area contributed by atoms with Gasteiger partial charge in [-0.15, -0.1) is 5.10 Å². The Bertz CT molecular complexity index is 1300. The zero-order chi connectivity index (χ0) is 23.5. The average molecular weight is 449 g/mol. The number of aromatic nitrogens is 6. The first-order valence-electron chi connectivity index (χ1n) is 10.3. The predicted octanol–water partition coefficient (Wildman–Crippen LogP) is 3.76. The molecule has 0 saturated carbocycles. The lowest BCUT2D eigenvalue weighted by atomic mass is 10.0. The first-order valence-corrected chi connectivity index (χ1v) is 10.3. The molecule has 0 fully saturated rings. The molecule has 4 rings (SSSR count). The summed E-state index contributed by atoms with van der Waals surface area (Å²) in [4.78, 5) is 21.1. The molecule has 3 heterocycles. The predicted molar refractivity (Wildman–Crippen MR) is 117 cm³/mol. The molecule has 0 bridgehead atoms. The molecule has 0 spiro atoms. The molecule has 0 atom stereocenters. The minimum atomic E-state index is -0.830. The number of carbonyl (C=O) groups is 1. The summed E-state index contributed by atoms with van der Waals surface area (Å²) in [5.41, 5.74) is 3.18. The highest BCUT2D eigenvalue weighted by atomic mass is 19.1.